The standard InChI is InChI=1S/C30H35N3O3S/c1-24-14-16-28(17-15-24)37(35,36)33-18-8-13-27(23-33)30(34)32-21-19-31(20-22-32)29(25-9-4-2-5-10-25)26-11-6-3-7-12-26/h2-7,9-12,14-17,27,29H,8,13,18-23H2,1H3/t27-/m1/s1. The van der Waals surface area contributed by atoms with Crippen molar-refractivity contribution in [2.24, 2.45) is 5.92 Å². The summed E-state index contributed by atoms with van der Waals surface area (Å²) in [5.41, 5.74) is 3.52. The lowest BCUT2D eigenvalue weighted by Gasteiger charge is -2.41. The molecule has 0 bridgehead atoms. The monoisotopic (exact) mass is 517 g/mol. The second kappa shape index (κ2) is 11.2. The molecule has 37 heavy (non-hydrogen) atoms. The predicted molar refractivity (Wildman–Crippen MR) is 146 cm³/mol. The van der Waals surface area contributed by atoms with Gasteiger partial charge in [0.25, 0.3) is 0 Å². The molecule has 3 aromatic carbocycles. The van der Waals surface area contributed by atoms with E-state index in [1.165, 1.54) is 15.4 Å². The number of carbonyl (C=O) groups is 1. The Labute approximate surface area is 220 Å². The van der Waals surface area contributed by atoms with Gasteiger partial charge in [-0.05, 0) is 43.0 Å². The van der Waals surface area contributed by atoms with E-state index in [1.807, 2.05) is 36.1 Å². The molecule has 2 aliphatic heterocycles. The van der Waals surface area contributed by atoms with Crippen molar-refractivity contribution in [3.05, 3.63) is 102 Å². The Hall–Kier alpha value is -3.00. The summed E-state index contributed by atoms with van der Waals surface area (Å²) < 4.78 is 28.0. The highest BCUT2D eigenvalue weighted by molar-refractivity contribution is 7.89. The van der Waals surface area contributed by atoms with Crippen molar-refractivity contribution in [1.29, 1.82) is 0 Å². The Kier molecular flexibility index (Phi) is 7.74. The molecule has 2 fully saturated rings. The maximum Gasteiger partial charge on any atom is 0.243 e. The second-order valence-corrected chi connectivity index (χ2v) is 12.0. The fraction of sp³-hybridized carbons (Fsp3) is 0.367. The van der Waals surface area contributed by atoms with Crippen LogP contribution < -0.4 is 0 Å². The minimum atomic E-state index is -3.60. The van der Waals surface area contributed by atoms with Gasteiger partial charge in [0.15, 0.2) is 0 Å². The summed E-state index contributed by atoms with van der Waals surface area (Å²) in [5, 5.41) is 0. The van der Waals surface area contributed by atoms with Gasteiger partial charge in [-0.15, -0.1) is 0 Å². The van der Waals surface area contributed by atoms with Crippen molar-refractivity contribution in [3.63, 3.8) is 0 Å². The van der Waals surface area contributed by atoms with Crippen LogP contribution in [-0.4, -0.2) is 67.7 Å². The van der Waals surface area contributed by atoms with Gasteiger partial charge in [0.1, 0.15) is 0 Å². The van der Waals surface area contributed by atoms with E-state index in [1.54, 1.807) is 12.1 Å². The number of nitrogens with zero attached hydrogens (tertiary/aromatic N) is 3. The lowest BCUT2D eigenvalue weighted by Crippen LogP contribution is -2.53. The Morgan fingerprint density at radius 3 is 1.92 bits per heavy atom. The van der Waals surface area contributed by atoms with Crippen LogP contribution in [0.15, 0.2) is 89.8 Å². The number of benzene rings is 3. The highest BCUT2D eigenvalue weighted by atomic mass is 32.2. The molecule has 194 valence electrons. The van der Waals surface area contributed by atoms with Crippen LogP contribution in [0, 0.1) is 12.8 Å². The number of amides is 1. The normalized spacial score (nSPS) is 19.7. The van der Waals surface area contributed by atoms with Crippen LogP contribution in [0.25, 0.3) is 0 Å². The summed E-state index contributed by atoms with van der Waals surface area (Å²) in [6, 6.07) is 28.1. The predicted octanol–water partition coefficient (Wildman–Crippen LogP) is 4.33. The Balaban J connectivity index is 1.25. The van der Waals surface area contributed by atoms with Crippen LogP contribution in [0.5, 0.6) is 0 Å². The van der Waals surface area contributed by atoms with Crippen molar-refractivity contribution in [3.8, 4) is 0 Å². The molecule has 0 unspecified atom stereocenters. The fourth-order valence-electron chi connectivity index (χ4n) is 5.57. The summed E-state index contributed by atoms with van der Waals surface area (Å²) in [6.45, 7) is 5.51. The number of piperazine rings is 1. The molecular weight excluding hydrogens is 482 g/mol. The molecule has 1 atom stereocenters. The Morgan fingerprint density at radius 1 is 0.784 bits per heavy atom. The first-order chi connectivity index (χ1) is 17.9. The summed E-state index contributed by atoms with van der Waals surface area (Å²) in [4.78, 5) is 18.2. The van der Waals surface area contributed by atoms with E-state index in [-0.39, 0.29) is 24.4 Å². The van der Waals surface area contributed by atoms with Gasteiger partial charge in [-0.25, -0.2) is 8.42 Å². The first-order valence-corrected chi connectivity index (χ1v) is 14.6. The van der Waals surface area contributed by atoms with Crippen LogP contribution in [0.1, 0.15) is 35.6 Å². The van der Waals surface area contributed by atoms with Crippen molar-refractivity contribution in [2.75, 3.05) is 39.3 Å². The Bertz CT molecular complexity index is 1250. The third-order valence-corrected chi connectivity index (χ3v) is 9.49. The molecule has 0 aromatic heterocycles. The average molecular weight is 518 g/mol. The highest BCUT2D eigenvalue weighted by Gasteiger charge is 2.36. The number of piperidine rings is 1. The first kappa shape index (κ1) is 25.6. The maximum atomic E-state index is 13.5. The van der Waals surface area contributed by atoms with Crippen molar-refractivity contribution >= 4 is 15.9 Å². The zero-order chi connectivity index (χ0) is 25.8. The van der Waals surface area contributed by atoms with Crippen LogP contribution in [0.4, 0.5) is 0 Å². The van der Waals surface area contributed by atoms with Crippen LogP contribution in [-0.2, 0) is 14.8 Å². The number of rotatable bonds is 6. The van der Waals surface area contributed by atoms with Gasteiger partial charge in [0.05, 0.1) is 16.9 Å². The van der Waals surface area contributed by atoms with E-state index in [0.29, 0.717) is 31.0 Å². The van der Waals surface area contributed by atoms with Gasteiger partial charge in [-0.2, -0.15) is 4.31 Å². The van der Waals surface area contributed by atoms with Crippen molar-refractivity contribution in [1.82, 2.24) is 14.1 Å². The minimum absolute atomic E-state index is 0.0828. The molecule has 7 heteroatoms. The summed E-state index contributed by atoms with van der Waals surface area (Å²) in [5.74, 6) is -0.209. The highest BCUT2D eigenvalue weighted by Crippen LogP contribution is 2.30. The van der Waals surface area contributed by atoms with Gasteiger partial charge in [-0.1, -0.05) is 78.4 Å². The molecule has 0 radical (unpaired) electrons. The molecule has 0 N–H and O–H groups in total. The topological polar surface area (TPSA) is 60.9 Å². The number of carbonyl (C=O) groups excluding carboxylic acids is 1. The van der Waals surface area contributed by atoms with E-state index in [4.69, 9.17) is 0 Å². The zero-order valence-electron chi connectivity index (χ0n) is 21.4. The average Bonchev–Trinajstić information content (AvgIpc) is 2.95. The van der Waals surface area contributed by atoms with Gasteiger partial charge in [0.2, 0.25) is 15.9 Å². The quantitative estimate of drug-likeness (QED) is 0.488. The Morgan fingerprint density at radius 2 is 1.35 bits per heavy atom. The van der Waals surface area contributed by atoms with E-state index in [0.717, 1.165) is 25.1 Å². The number of hydrogen-bond donors (Lipinski definition) is 0. The second-order valence-electron chi connectivity index (χ2n) is 10.1. The maximum absolute atomic E-state index is 13.5. The van der Waals surface area contributed by atoms with E-state index in [9.17, 15) is 13.2 Å². The smallest absolute Gasteiger partial charge is 0.243 e. The fourth-order valence-corrected chi connectivity index (χ4v) is 7.09. The molecule has 0 saturated carbocycles. The van der Waals surface area contributed by atoms with Crippen LogP contribution in [0.3, 0.4) is 0 Å². The summed E-state index contributed by atoms with van der Waals surface area (Å²) in [7, 11) is -3.60. The summed E-state index contributed by atoms with van der Waals surface area (Å²) in [6.07, 6.45) is 1.43. The molecule has 3 aromatic rings. The molecule has 5 rings (SSSR count). The molecule has 1 amide bonds. The van der Waals surface area contributed by atoms with Gasteiger partial charge in [0, 0.05) is 39.3 Å². The first-order valence-electron chi connectivity index (χ1n) is 13.1. The van der Waals surface area contributed by atoms with Gasteiger partial charge < -0.3 is 4.90 Å². The molecule has 6 nitrogen and oxygen atoms in total. The molecule has 2 saturated heterocycles. The number of hydrogen-bond acceptors (Lipinski definition) is 4. The SMILES string of the molecule is Cc1ccc(S(=O)(=O)N2CCC[C@@H](C(=O)N3CCN(C(c4ccccc4)c4ccccc4)CC3)C2)cc1. The zero-order valence-corrected chi connectivity index (χ0v) is 22.2. The number of aryl methyl sites for hydroxylation is 1. The largest absolute Gasteiger partial charge is 0.340 e. The van der Waals surface area contributed by atoms with Crippen LogP contribution >= 0.6 is 0 Å². The summed E-state index contributed by atoms with van der Waals surface area (Å²) >= 11 is 0. The van der Waals surface area contributed by atoms with Crippen LogP contribution in [0.2, 0.25) is 0 Å². The number of sulfonamides is 1. The molecule has 2 heterocycles. The van der Waals surface area contributed by atoms with E-state index < -0.39 is 10.0 Å². The molecule has 2 aliphatic rings. The van der Waals surface area contributed by atoms with Crippen molar-refractivity contribution < 1.29 is 13.2 Å². The van der Waals surface area contributed by atoms with E-state index in [2.05, 4.69) is 53.4 Å². The van der Waals surface area contributed by atoms with Gasteiger partial charge >= 0.3 is 0 Å². The van der Waals surface area contributed by atoms with E-state index >= 15 is 0 Å². The molecule has 0 aliphatic carbocycles. The molecule has 0 spiro atoms. The van der Waals surface area contributed by atoms with Gasteiger partial charge in [-0.3, -0.25) is 9.69 Å². The van der Waals surface area contributed by atoms with Crippen molar-refractivity contribution in [2.45, 2.75) is 30.7 Å². The third-order valence-electron chi connectivity index (χ3n) is 7.61. The lowest BCUT2D eigenvalue weighted by atomic mass is 9.95. The molecular formula is C30H35N3O3S. The third kappa shape index (κ3) is 5.64. The minimum Gasteiger partial charge on any atom is -0.340 e. The lowest BCUT2D eigenvalue weighted by molar-refractivity contribution is -0.138.